The van der Waals surface area contributed by atoms with Crippen LogP contribution in [0.1, 0.15) is 34.3 Å². The fourth-order valence-corrected chi connectivity index (χ4v) is 4.47. The number of likely N-dealkylation sites (tertiary alicyclic amines) is 1. The summed E-state index contributed by atoms with van der Waals surface area (Å²) in [5.74, 6) is -0.461. The molecule has 6 nitrogen and oxygen atoms in total. The van der Waals surface area contributed by atoms with E-state index in [1.165, 1.54) is 18.1 Å². The van der Waals surface area contributed by atoms with Crippen LogP contribution in [0.5, 0.6) is 0 Å². The Hall–Kier alpha value is -2.78. The lowest BCUT2D eigenvalue weighted by Crippen LogP contribution is -2.46. The highest BCUT2D eigenvalue weighted by Gasteiger charge is 2.47. The zero-order valence-corrected chi connectivity index (χ0v) is 18.6. The quantitative estimate of drug-likeness (QED) is 0.565. The molecule has 176 valence electrons. The summed E-state index contributed by atoms with van der Waals surface area (Å²) >= 11 is 5.71. The minimum Gasteiger partial charge on any atom is -0.465 e. The van der Waals surface area contributed by atoms with E-state index in [9.17, 15) is 22.8 Å². The van der Waals surface area contributed by atoms with Gasteiger partial charge >= 0.3 is 18.2 Å². The van der Waals surface area contributed by atoms with Gasteiger partial charge in [0.2, 0.25) is 0 Å². The van der Waals surface area contributed by atoms with Crippen molar-refractivity contribution in [1.29, 1.82) is 0 Å². The van der Waals surface area contributed by atoms with E-state index in [0.29, 0.717) is 55.8 Å². The second kappa shape index (κ2) is 8.87. The summed E-state index contributed by atoms with van der Waals surface area (Å²) in [6.45, 7) is 1.87. The molecule has 2 saturated heterocycles. The number of nitrogens with zero attached hydrogens (tertiary/aromatic N) is 2. The first-order valence-electron chi connectivity index (χ1n) is 10.4. The largest absolute Gasteiger partial charge is 0.465 e. The van der Waals surface area contributed by atoms with E-state index in [1.54, 1.807) is 30.3 Å². The van der Waals surface area contributed by atoms with Gasteiger partial charge in [-0.1, -0.05) is 17.7 Å². The number of amides is 1. The van der Waals surface area contributed by atoms with Crippen LogP contribution in [0.15, 0.2) is 42.5 Å². The average Bonchev–Trinajstić information content (AvgIpc) is 3.11. The van der Waals surface area contributed by atoms with Gasteiger partial charge in [-0.25, -0.2) is 9.59 Å². The number of benzene rings is 2. The van der Waals surface area contributed by atoms with Crippen LogP contribution < -0.4 is 4.90 Å². The van der Waals surface area contributed by atoms with Crippen molar-refractivity contribution in [2.45, 2.75) is 31.2 Å². The molecular formula is C23H22ClF3N2O4. The van der Waals surface area contributed by atoms with Gasteiger partial charge in [0.15, 0.2) is 0 Å². The van der Waals surface area contributed by atoms with Gasteiger partial charge in [-0.2, -0.15) is 13.2 Å². The Morgan fingerprint density at radius 1 is 1.15 bits per heavy atom. The summed E-state index contributed by atoms with van der Waals surface area (Å²) in [5.41, 5.74) is 0.0406. The predicted molar refractivity (Wildman–Crippen MR) is 115 cm³/mol. The van der Waals surface area contributed by atoms with Gasteiger partial charge in [0.05, 0.1) is 29.8 Å². The third-order valence-electron chi connectivity index (χ3n) is 6.08. The maximum Gasteiger partial charge on any atom is 0.417 e. The lowest BCUT2D eigenvalue weighted by molar-refractivity contribution is -0.137. The van der Waals surface area contributed by atoms with Crippen LogP contribution in [0.4, 0.5) is 23.7 Å². The minimum absolute atomic E-state index is 0.318. The molecule has 2 aliphatic heterocycles. The van der Waals surface area contributed by atoms with Crippen LogP contribution in [0.25, 0.3) is 0 Å². The molecule has 0 atom stereocenters. The number of piperidine rings is 1. The van der Waals surface area contributed by atoms with E-state index in [4.69, 9.17) is 16.3 Å². The molecule has 0 aromatic heterocycles. The van der Waals surface area contributed by atoms with Gasteiger partial charge in [0, 0.05) is 38.2 Å². The monoisotopic (exact) mass is 482 g/mol. The molecule has 10 heteroatoms. The van der Waals surface area contributed by atoms with E-state index in [0.717, 1.165) is 6.07 Å². The van der Waals surface area contributed by atoms with E-state index in [2.05, 4.69) is 4.74 Å². The molecule has 0 N–H and O–H groups in total. The summed E-state index contributed by atoms with van der Waals surface area (Å²) in [6.07, 6.45) is -3.83. The highest BCUT2D eigenvalue weighted by Crippen LogP contribution is 2.38. The van der Waals surface area contributed by atoms with Crippen molar-refractivity contribution >= 4 is 29.4 Å². The average molecular weight is 483 g/mol. The number of alkyl halides is 3. The van der Waals surface area contributed by atoms with Gasteiger partial charge in [-0.3, -0.25) is 9.80 Å². The van der Waals surface area contributed by atoms with Crippen LogP contribution in [-0.2, 0) is 22.2 Å². The first-order valence-corrected chi connectivity index (χ1v) is 10.7. The summed E-state index contributed by atoms with van der Waals surface area (Å²) in [6, 6.07) is 10.5. The second-order valence-corrected chi connectivity index (χ2v) is 8.67. The second-order valence-electron chi connectivity index (χ2n) is 8.26. The molecule has 2 aliphatic rings. The van der Waals surface area contributed by atoms with Gasteiger partial charge in [-0.05, 0) is 42.0 Å². The SMILES string of the molecule is COC(=O)c1ccc(N2CC3(CCN(Cc4ccc(Cl)c(C(F)(F)F)c4)CC3)OC2=O)cc1. The normalized spacial score (nSPS) is 18.5. The Morgan fingerprint density at radius 2 is 1.82 bits per heavy atom. The molecule has 2 aromatic carbocycles. The number of ether oxygens (including phenoxy) is 2. The van der Waals surface area contributed by atoms with Gasteiger partial charge in [-0.15, -0.1) is 0 Å². The van der Waals surface area contributed by atoms with E-state index < -0.39 is 29.4 Å². The molecular weight excluding hydrogens is 461 g/mol. The zero-order valence-electron chi connectivity index (χ0n) is 17.8. The zero-order chi connectivity index (χ0) is 23.8. The van der Waals surface area contributed by atoms with Crippen LogP contribution in [-0.4, -0.2) is 49.3 Å². The Balaban J connectivity index is 1.39. The number of methoxy groups -OCH3 is 1. The van der Waals surface area contributed by atoms with Crippen molar-refractivity contribution in [2.75, 3.05) is 31.6 Å². The van der Waals surface area contributed by atoms with Crippen LogP contribution in [0.2, 0.25) is 5.02 Å². The first-order chi connectivity index (χ1) is 15.6. The van der Waals surface area contributed by atoms with Crippen molar-refractivity contribution in [3.63, 3.8) is 0 Å². The molecule has 2 heterocycles. The molecule has 0 unspecified atom stereocenters. The highest BCUT2D eigenvalue weighted by molar-refractivity contribution is 6.31. The number of rotatable bonds is 4. The Morgan fingerprint density at radius 3 is 2.42 bits per heavy atom. The molecule has 4 rings (SSSR count). The summed E-state index contributed by atoms with van der Waals surface area (Å²) in [7, 11) is 1.30. The van der Waals surface area contributed by atoms with Crippen molar-refractivity contribution in [1.82, 2.24) is 4.90 Å². The van der Waals surface area contributed by atoms with Crippen LogP contribution in [0, 0.1) is 0 Å². The molecule has 0 aliphatic carbocycles. The third-order valence-corrected chi connectivity index (χ3v) is 6.41. The Labute approximate surface area is 193 Å². The third kappa shape index (κ3) is 4.94. The molecule has 0 saturated carbocycles. The number of halogens is 4. The summed E-state index contributed by atoms with van der Waals surface area (Å²) < 4.78 is 49.8. The fourth-order valence-electron chi connectivity index (χ4n) is 4.24. The van der Waals surface area contributed by atoms with Crippen molar-refractivity contribution < 1.29 is 32.2 Å². The fraction of sp³-hybridized carbons (Fsp3) is 0.391. The lowest BCUT2D eigenvalue weighted by atomic mass is 9.91. The van der Waals surface area contributed by atoms with Gasteiger partial charge in [0.25, 0.3) is 0 Å². The van der Waals surface area contributed by atoms with Crippen LogP contribution >= 0.6 is 11.6 Å². The molecule has 33 heavy (non-hydrogen) atoms. The molecule has 1 spiro atoms. The maximum atomic E-state index is 13.1. The summed E-state index contributed by atoms with van der Waals surface area (Å²) in [4.78, 5) is 27.7. The van der Waals surface area contributed by atoms with E-state index >= 15 is 0 Å². The maximum absolute atomic E-state index is 13.1. The number of hydrogen-bond donors (Lipinski definition) is 0. The summed E-state index contributed by atoms with van der Waals surface area (Å²) in [5, 5.41) is -0.318. The molecule has 1 amide bonds. The van der Waals surface area contributed by atoms with E-state index in [-0.39, 0.29) is 5.02 Å². The highest BCUT2D eigenvalue weighted by atomic mass is 35.5. The number of esters is 1. The number of hydrogen-bond acceptors (Lipinski definition) is 5. The minimum atomic E-state index is -4.50. The predicted octanol–water partition coefficient (Wildman–Crippen LogP) is 5.14. The smallest absolute Gasteiger partial charge is 0.417 e. The Bertz CT molecular complexity index is 1050. The topological polar surface area (TPSA) is 59.1 Å². The Kier molecular flexibility index (Phi) is 6.28. The van der Waals surface area contributed by atoms with E-state index in [1.807, 2.05) is 4.90 Å². The standard InChI is InChI=1S/C23H22ClF3N2O4/c1-32-20(30)16-3-5-17(6-4-16)29-14-22(33-21(29)31)8-10-28(11-9-22)13-15-2-7-19(24)18(12-15)23(25,26)27/h2-7,12H,8-11,13-14H2,1H3. The number of carbonyl (C=O) groups is 2. The molecule has 2 aromatic rings. The lowest BCUT2D eigenvalue weighted by Gasteiger charge is -2.37. The van der Waals surface area contributed by atoms with Crippen molar-refractivity contribution in [3.05, 3.63) is 64.2 Å². The molecule has 0 bridgehead atoms. The first kappa shape index (κ1) is 23.4. The van der Waals surface area contributed by atoms with Gasteiger partial charge in [0.1, 0.15) is 5.60 Å². The van der Waals surface area contributed by atoms with Crippen LogP contribution in [0.3, 0.4) is 0 Å². The van der Waals surface area contributed by atoms with Crippen molar-refractivity contribution in [2.24, 2.45) is 0 Å². The molecule has 0 radical (unpaired) electrons. The number of carbonyl (C=O) groups excluding carboxylic acids is 2. The molecule has 2 fully saturated rings. The van der Waals surface area contributed by atoms with Crippen molar-refractivity contribution in [3.8, 4) is 0 Å². The number of anilines is 1. The van der Waals surface area contributed by atoms with Gasteiger partial charge < -0.3 is 9.47 Å².